The predicted molar refractivity (Wildman–Crippen MR) is 104 cm³/mol. The molecule has 1 fully saturated rings. The SMILES string of the molecule is CCC[C@@H]1N(C)c2ccc([N+](=O)[O-])cc2CC12C(=O)N(C)C(=S)N(C)C2=O. The maximum atomic E-state index is 13.4. The molecule has 0 bridgehead atoms. The van der Waals surface area contributed by atoms with Crippen LogP contribution in [-0.4, -0.2) is 58.8 Å². The van der Waals surface area contributed by atoms with Crippen molar-refractivity contribution in [2.45, 2.75) is 32.2 Å². The van der Waals surface area contributed by atoms with Gasteiger partial charge in [0.2, 0.25) is 11.8 Å². The fourth-order valence-corrected chi connectivity index (χ4v) is 4.49. The highest BCUT2D eigenvalue weighted by Crippen LogP contribution is 2.47. The maximum Gasteiger partial charge on any atom is 0.269 e. The zero-order valence-electron chi connectivity index (χ0n) is 15.8. The molecule has 0 radical (unpaired) electrons. The molecule has 2 aliphatic heterocycles. The van der Waals surface area contributed by atoms with E-state index in [9.17, 15) is 19.7 Å². The zero-order valence-corrected chi connectivity index (χ0v) is 16.6. The Kier molecular flexibility index (Phi) is 4.67. The Bertz CT molecular complexity index is 832. The highest BCUT2D eigenvalue weighted by Gasteiger charge is 2.61. The Morgan fingerprint density at radius 1 is 1.22 bits per heavy atom. The van der Waals surface area contributed by atoms with Gasteiger partial charge in [-0.2, -0.15) is 0 Å². The van der Waals surface area contributed by atoms with Crippen molar-refractivity contribution in [2.24, 2.45) is 5.41 Å². The van der Waals surface area contributed by atoms with Gasteiger partial charge in [-0.05, 0) is 30.3 Å². The molecular formula is C18H22N4O4S. The third-order valence-corrected chi connectivity index (χ3v) is 6.22. The Hall–Kier alpha value is -2.55. The molecule has 8 nitrogen and oxygen atoms in total. The molecule has 0 unspecified atom stereocenters. The molecule has 1 atom stereocenters. The molecule has 1 saturated heterocycles. The number of carbonyl (C=O) groups excluding carboxylic acids is 2. The fraction of sp³-hybridized carbons (Fsp3) is 0.500. The van der Waals surface area contributed by atoms with Gasteiger partial charge in [0.05, 0.1) is 11.0 Å². The molecular weight excluding hydrogens is 368 g/mol. The normalized spacial score (nSPS) is 21.7. The highest BCUT2D eigenvalue weighted by molar-refractivity contribution is 7.80. The van der Waals surface area contributed by atoms with Crippen LogP contribution in [0.25, 0.3) is 0 Å². The first-order valence-electron chi connectivity index (χ1n) is 8.77. The first kappa shape index (κ1) is 19.2. The number of fused-ring (bicyclic) bond motifs is 1. The van der Waals surface area contributed by atoms with Crippen molar-refractivity contribution in [3.8, 4) is 0 Å². The van der Waals surface area contributed by atoms with Crippen molar-refractivity contribution < 1.29 is 14.5 Å². The standard InChI is InChI=1S/C18H22N4O4S/c1-5-6-14-18(15(23)20(3)17(27)21(4)16(18)24)10-11-9-12(22(25)26)7-8-13(11)19(14)2/h7-9,14H,5-6,10H2,1-4H3/t14-/m0/s1. The zero-order chi connectivity index (χ0) is 20.1. The number of nitrogens with zero attached hydrogens (tertiary/aromatic N) is 4. The van der Waals surface area contributed by atoms with Crippen molar-refractivity contribution in [3.63, 3.8) is 0 Å². The summed E-state index contributed by atoms with van der Waals surface area (Å²) in [6, 6.07) is 4.25. The minimum atomic E-state index is -1.35. The van der Waals surface area contributed by atoms with E-state index in [2.05, 4.69) is 0 Å². The topological polar surface area (TPSA) is 87.0 Å². The lowest BCUT2D eigenvalue weighted by atomic mass is 9.67. The van der Waals surface area contributed by atoms with Crippen molar-refractivity contribution in [1.82, 2.24) is 9.80 Å². The van der Waals surface area contributed by atoms with Crippen LogP contribution in [0, 0.1) is 15.5 Å². The van der Waals surface area contributed by atoms with E-state index < -0.39 is 10.3 Å². The lowest BCUT2D eigenvalue weighted by Crippen LogP contribution is -2.71. The van der Waals surface area contributed by atoms with Crippen molar-refractivity contribution in [2.75, 3.05) is 26.0 Å². The lowest BCUT2D eigenvalue weighted by Gasteiger charge is -2.52. The summed E-state index contributed by atoms with van der Waals surface area (Å²) < 4.78 is 0. The summed E-state index contributed by atoms with van der Waals surface area (Å²) in [5, 5.41) is 11.4. The Morgan fingerprint density at radius 2 is 1.81 bits per heavy atom. The molecule has 1 aromatic carbocycles. The van der Waals surface area contributed by atoms with E-state index in [0.29, 0.717) is 12.0 Å². The summed E-state index contributed by atoms with van der Waals surface area (Å²) in [5.74, 6) is -0.698. The number of anilines is 1. The lowest BCUT2D eigenvalue weighted by molar-refractivity contribution is -0.384. The Labute approximate surface area is 162 Å². The Balaban J connectivity index is 2.22. The maximum absolute atomic E-state index is 13.4. The molecule has 0 aliphatic carbocycles. The van der Waals surface area contributed by atoms with Crippen LogP contribution < -0.4 is 4.90 Å². The van der Waals surface area contributed by atoms with Crippen LogP contribution in [0.5, 0.6) is 0 Å². The van der Waals surface area contributed by atoms with Gasteiger partial charge in [0.15, 0.2) is 10.5 Å². The monoisotopic (exact) mass is 390 g/mol. The molecule has 2 aliphatic rings. The third kappa shape index (κ3) is 2.60. The van der Waals surface area contributed by atoms with E-state index >= 15 is 0 Å². The van der Waals surface area contributed by atoms with Gasteiger partial charge < -0.3 is 4.90 Å². The van der Waals surface area contributed by atoms with E-state index in [-0.39, 0.29) is 35.1 Å². The third-order valence-electron chi connectivity index (χ3n) is 5.67. The average molecular weight is 390 g/mol. The van der Waals surface area contributed by atoms with Crippen LogP contribution >= 0.6 is 12.2 Å². The second-order valence-electron chi connectivity index (χ2n) is 7.14. The number of hydrogen-bond acceptors (Lipinski definition) is 6. The highest BCUT2D eigenvalue weighted by atomic mass is 32.1. The van der Waals surface area contributed by atoms with Gasteiger partial charge in [0.1, 0.15) is 0 Å². The average Bonchev–Trinajstić information content (AvgIpc) is 2.65. The Morgan fingerprint density at radius 3 is 2.33 bits per heavy atom. The van der Waals surface area contributed by atoms with E-state index in [1.165, 1.54) is 21.9 Å². The fourth-order valence-electron chi connectivity index (χ4n) is 4.33. The van der Waals surface area contributed by atoms with Gasteiger partial charge in [0, 0.05) is 45.4 Å². The van der Waals surface area contributed by atoms with E-state index in [4.69, 9.17) is 12.2 Å². The van der Waals surface area contributed by atoms with Crippen LogP contribution in [0.2, 0.25) is 0 Å². The number of rotatable bonds is 3. The number of nitro benzene ring substituents is 1. The molecule has 2 heterocycles. The summed E-state index contributed by atoms with van der Waals surface area (Å²) >= 11 is 5.23. The second kappa shape index (κ2) is 6.56. The number of thiocarbonyl (C=S) groups is 1. The van der Waals surface area contributed by atoms with Crippen LogP contribution in [0.1, 0.15) is 25.3 Å². The first-order chi connectivity index (χ1) is 12.7. The molecule has 9 heteroatoms. The number of hydrogen-bond donors (Lipinski definition) is 0. The minimum absolute atomic E-state index is 0.0563. The van der Waals surface area contributed by atoms with Crippen molar-refractivity contribution in [1.29, 1.82) is 0 Å². The van der Waals surface area contributed by atoms with Gasteiger partial charge in [-0.25, -0.2) is 0 Å². The first-order valence-corrected chi connectivity index (χ1v) is 9.18. The van der Waals surface area contributed by atoms with Crippen LogP contribution in [0.3, 0.4) is 0 Å². The number of carbonyl (C=O) groups is 2. The molecule has 144 valence electrons. The van der Waals surface area contributed by atoms with Crippen LogP contribution in [0.4, 0.5) is 11.4 Å². The largest absolute Gasteiger partial charge is 0.370 e. The summed E-state index contributed by atoms with van der Waals surface area (Å²) in [6.07, 6.45) is 1.55. The smallest absolute Gasteiger partial charge is 0.269 e. The molecule has 0 aromatic heterocycles. The van der Waals surface area contributed by atoms with Gasteiger partial charge in [-0.15, -0.1) is 0 Å². The number of amides is 2. The van der Waals surface area contributed by atoms with Gasteiger partial charge in [-0.3, -0.25) is 29.5 Å². The van der Waals surface area contributed by atoms with Crippen molar-refractivity contribution in [3.05, 3.63) is 33.9 Å². The van der Waals surface area contributed by atoms with Crippen LogP contribution in [0.15, 0.2) is 18.2 Å². The number of non-ortho nitro benzene ring substituents is 1. The summed E-state index contributed by atoms with van der Waals surface area (Å²) in [6.45, 7) is 2.00. The van der Waals surface area contributed by atoms with Gasteiger partial charge >= 0.3 is 0 Å². The number of benzene rings is 1. The number of nitro groups is 1. The molecule has 2 amide bonds. The quantitative estimate of drug-likeness (QED) is 0.339. The second-order valence-corrected chi connectivity index (χ2v) is 7.51. The van der Waals surface area contributed by atoms with Crippen LogP contribution in [-0.2, 0) is 16.0 Å². The van der Waals surface area contributed by atoms with E-state index in [0.717, 1.165) is 12.1 Å². The molecule has 1 aromatic rings. The summed E-state index contributed by atoms with van der Waals surface area (Å²) in [5.41, 5.74) is 0.0250. The summed E-state index contributed by atoms with van der Waals surface area (Å²) in [7, 11) is 4.97. The predicted octanol–water partition coefficient (Wildman–Crippen LogP) is 1.96. The van der Waals surface area contributed by atoms with Crippen molar-refractivity contribution >= 4 is 40.5 Å². The molecule has 1 spiro atoms. The minimum Gasteiger partial charge on any atom is -0.370 e. The van der Waals surface area contributed by atoms with E-state index in [1.807, 2.05) is 18.9 Å². The molecule has 0 saturated carbocycles. The van der Waals surface area contributed by atoms with Gasteiger partial charge in [-0.1, -0.05) is 13.3 Å². The van der Waals surface area contributed by atoms with E-state index in [1.54, 1.807) is 20.2 Å². The summed E-state index contributed by atoms with van der Waals surface area (Å²) in [4.78, 5) is 42.1. The molecule has 0 N–H and O–H groups in total. The van der Waals surface area contributed by atoms with Gasteiger partial charge in [0.25, 0.3) is 5.69 Å². The molecule has 3 rings (SSSR count). The molecule has 27 heavy (non-hydrogen) atoms.